The Bertz CT molecular complexity index is 323. The van der Waals surface area contributed by atoms with Gasteiger partial charge in [-0.05, 0) is 44.4 Å². The lowest BCUT2D eigenvalue weighted by molar-refractivity contribution is -0.0730. The van der Waals surface area contributed by atoms with E-state index >= 15 is 0 Å². The number of hydrogen-bond acceptors (Lipinski definition) is 3. The fourth-order valence-electron chi connectivity index (χ4n) is 4.25. The normalized spacial score (nSPS) is 34.0. The van der Waals surface area contributed by atoms with Gasteiger partial charge in [0.1, 0.15) is 0 Å². The molecular formula is C18H34N2O. The monoisotopic (exact) mass is 294 g/mol. The zero-order valence-electron chi connectivity index (χ0n) is 14.1. The van der Waals surface area contributed by atoms with Crippen LogP contribution in [-0.4, -0.2) is 49.3 Å². The van der Waals surface area contributed by atoms with E-state index in [0.29, 0.717) is 17.6 Å². The number of rotatable bonds is 6. The summed E-state index contributed by atoms with van der Waals surface area (Å²) in [6.45, 7) is 9.15. The molecule has 122 valence electrons. The minimum Gasteiger partial charge on any atom is -0.376 e. The number of hydrogen-bond donors (Lipinski definition) is 1. The molecule has 3 heteroatoms. The van der Waals surface area contributed by atoms with Crippen LogP contribution in [0.4, 0.5) is 0 Å². The summed E-state index contributed by atoms with van der Waals surface area (Å²) in [6, 6.07) is 1.48. The molecule has 2 atom stereocenters. The summed E-state index contributed by atoms with van der Waals surface area (Å²) in [5.41, 5.74) is 0.533. The molecule has 1 saturated heterocycles. The molecule has 0 aromatic rings. The third kappa shape index (κ3) is 4.20. The van der Waals surface area contributed by atoms with Gasteiger partial charge in [-0.3, -0.25) is 4.90 Å². The van der Waals surface area contributed by atoms with E-state index in [1.807, 2.05) is 0 Å². The molecule has 3 fully saturated rings. The fraction of sp³-hybridized carbons (Fsp3) is 1.00. The van der Waals surface area contributed by atoms with Crippen molar-refractivity contribution in [3.05, 3.63) is 0 Å². The Hall–Kier alpha value is -0.120. The van der Waals surface area contributed by atoms with Crippen LogP contribution in [0.25, 0.3) is 0 Å². The SMILES string of the molecule is CCC1COC(C)CN1CC1(CNC2CC2)CCCCC1. The van der Waals surface area contributed by atoms with Crippen LogP contribution in [0.1, 0.15) is 65.2 Å². The van der Waals surface area contributed by atoms with E-state index in [-0.39, 0.29) is 0 Å². The van der Waals surface area contributed by atoms with E-state index in [9.17, 15) is 0 Å². The van der Waals surface area contributed by atoms with Crippen molar-refractivity contribution in [2.45, 2.75) is 83.4 Å². The van der Waals surface area contributed by atoms with Gasteiger partial charge in [-0.1, -0.05) is 26.2 Å². The van der Waals surface area contributed by atoms with Crippen LogP contribution < -0.4 is 5.32 Å². The summed E-state index contributed by atoms with van der Waals surface area (Å²) >= 11 is 0. The maximum absolute atomic E-state index is 5.88. The molecule has 3 rings (SSSR count). The quantitative estimate of drug-likeness (QED) is 0.814. The Morgan fingerprint density at radius 2 is 1.95 bits per heavy atom. The smallest absolute Gasteiger partial charge is 0.0674 e. The standard InChI is InChI=1S/C18H34N2O/c1-3-17-12-21-15(2)11-20(17)14-18(9-5-4-6-10-18)13-19-16-7-8-16/h15-17,19H,3-14H2,1-2H3. The minimum absolute atomic E-state index is 0.407. The first kappa shape index (κ1) is 15.8. The van der Waals surface area contributed by atoms with Crippen LogP contribution in [0, 0.1) is 5.41 Å². The van der Waals surface area contributed by atoms with E-state index in [1.165, 1.54) is 64.5 Å². The van der Waals surface area contributed by atoms with E-state index < -0.39 is 0 Å². The summed E-state index contributed by atoms with van der Waals surface area (Å²) in [5, 5.41) is 3.84. The van der Waals surface area contributed by atoms with E-state index in [0.717, 1.165) is 19.2 Å². The van der Waals surface area contributed by atoms with Gasteiger partial charge in [-0.2, -0.15) is 0 Å². The predicted octanol–water partition coefficient (Wildman–Crippen LogP) is 3.19. The van der Waals surface area contributed by atoms with Gasteiger partial charge < -0.3 is 10.1 Å². The number of nitrogens with one attached hydrogen (secondary N) is 1. The van der Waals surface area contributed by atoms with Gasteiger partial charge >= 0.3 is 0 Å². The first-order valence-corrected chi connectivity index (χ1v) is 9.30. The highest BCUT2D eigenvalue weighted by Crippen LogP contribution is 2.38. The zero-order chi connectivity index (χ0) is 14.7. The first-order valence-electron chi connectivity index (χ1n) is 9.30. The lowest BCUT2D eigenvalue weighted by Gasteiger charge is -2.46. The second-order valence-corrected chi connectivity index (χ2v) is 7.85. The van der Waals surface area contributed by atoms with E-state index in [2.05, 4.69) is 24.1 Å². The van der Waals surface area contributed by atoms with Crippen molar-refractivity contribution in [2.24, 2.45) is 5.41 Å². The highest BCUT2D eigenvalue weighted by molar-refractivity contribution is 4.93. The summed E-state index contributed by atoms with van der Waals surface area (Å²) in [7, 11) is 0. The molecule has 0 aromatic heterocycles. The van der Waals surface area contributed by atoms with Crippen molar-refractivity contribution in [2.75, 3.05) is 26.2 Å². The number of morpholine rings is 1. The molecule has 0 radical (unpaired) electrons. The summed E-state index contributed by atoms with van der Waals surface area (Å²) in [6.07, 6.45) is 11.6. The molecule has 2 unspecified atom stereocenters. The van der Waals surface area contributed by atoms with Gasteiger partial charge in [-0.15, -0.1) is 0 Å². The molecule has 21 heavy (non-hydrogen) atoms. The largest absolute Gasteiger partial charge is 0.376 e. The van der Waals surface area contributed by atoms with Gasteiger partial charge in [0, 0.05) is 31.7 Å². The molecule has 2 aliphatic carbocycles. The van der Waals surface area contributed by atoms with Crippen molar-refractivity contribution in [1.82, 2.24) is 10.2 Å². The Morgan fingerprint density at radius 1 is 1.19 bits per heavy atom. The Kier molecular flexibility index (Phi) is 5.23. The van der Waals surface area contributed by atoms with Crippen molar-refractivity contribution in [1.29, 1.82) is 0 Å². The van der Waals surface area contributed by atoms with Crippen molar-refractivity contribution in [3.63, 3.8) is 0 Å². The highest BCUT2D eigenvalue weighted by Gasteiger charge is 2.38. The second-order valence-electron chi connectivity index (χ2n) is 7.85. The lowest BCUT2D eigenvalue weighted by atomic mass is 9.73. The third-order valence-corrected chi connectivity index (χ3v) is 5.85. The summed E-state index contributed by atoms with van der Waals surface area (Å²) in [5.74, 6) is 0. The van der Waals surface area contributed by atoms with Crippen LogP contribution >= 0.6 is 0 Å². The van der Waals surface area contributed by atoms with Crippen LogP contribution in [0.15, 0.2) is 0 Å². The van der Waals surface area contributed by atoms with Crippen molar-refractivity contribution < 1.29 is 4.74 Å². The lowest BCUT2D eigenvalue weighted by Crippen LogP contribution is -2.54. The molecule has 1 heterocycles. The van der Waals surface area contributed by atoms with E-state index in [1.54, 1.807) is 0 Å². The second kappa shape index (κ2) is 6.97. The molecule has 2 saturated carbocycles. The van der Waals surface area contributed by atoms with E-state index in [4.69, 9.17) is 4.74 Å². The summed E-state index contributed by atoms with van der Waals surface area (Å²) < 4.78 is 5.88. The minimum atomic E-state index is 0.407. The highest BCUT2D eigenvalue weighted by atomic mass is 16.5. The number of ether oxygens (including phenoxy) is 1. The van der Waals surface area contributed by atoms with Gasteiger partial charge in [0.2, 0.25) is 0 Å². The molecule has 1 aliphatic heterocycles. The summed E-state index contributed by atoms with van der Waals surface area (Å²) in [4.78, 5) is 2.76. The maximum atomic E-state index is 5.88. The molecule has 0 aromatic carbocycles. The fourth-order valence-corrected chi connectivity index (χ4v) is 4.25. The van der Waals surface area contributed by atoms with Crippen LogP contribution in [0.5, 0.6) is 0 Å². The van der Waals surface area contributed by atoms with Gasteiger partial charge in [0.25, 0.3) is 0 Å². The van der Waals surface area contributed by atoms with Gasteiger partial charge in [0.05, 0.1) is 12.7 Å². The molecular weight excluding hydrogens is 260 g/mol. The molecule has 3 aliphatic rings. The first-order chi connectivity index (χ1) is 10.2. The molecule has 0 spiro atoms. The number of nitrogens with zero attached hydrogens (tertiary/aromatic N) is 1. The molecule has 0 bridgehead atoms. The van der Waals surface area contributed by atoms with Gasteiger partial charge in [-0.25, -0.2) is 0 Å². The Labute approximate surface area is 130 Å². The average molecular weight is 294 g/mol. The molecule has 3 nitrogen and oxygen atoms in total. The third-order valence-electron chi connectivity index (χ3n) is 5.85. The Morgan fingerprint density at radius 3 is 2.62 bits per heavy atom. The van der Waals surface area contributed by atoms with Crippen LogP contribution in [-0.2, 0) is 4.74 Å². The predicted molar refractivity (Wildman–Crippen MR) is 87.6 cm³/mol. The zero-order valence-corrected chi connectivity index (χ0v) is 14.1. The molecule has 0 amide bonds. The molecule has 1 N–H and O–H groups in total. The van der Waals surface area contributed by atoms with Gasteiger partial charge in [0.15, 0.2) is 0 Å². The van der Waals surface area contributed by atoms with Crippen molar-refractivity contribution in [3.8, 4) is 0 Å². The van der Waals surface area contributed by atoms with Crippen molar-refractivity contribution >= 4 is 0 Å². The maximum Gasteiger partial charge on any atom is 0.0674 e. The topological polar surface area (TPSA) is 24.5 Å². The average Bonchev–Trinajstić information content (AvgIpc) is 3.31. The Balaban J connectivity index is 1.63. The van der Waals surface area contributed by atoms with Crippen LogP contribution in [0.3, 0.4) is 0 Å². The van der Waals surface area contributed by atoms with Crippen LogP contribution in [0.2, 0.25) is 0 Å².